The molecule has 2 fully saturated rings. The minimum atomic E-state index is -0.476. The summed E-state index contributed by atoms with van der Waals surface area (Å²) in [6.45, 7) is 6.08. The number of nitro benzene ring substituents is 1. The average Bonchev–Trinajstić information content (AvgIpc) is 2.96. The predicted octanol–water partition coefficient (Wildman–Crippen LogP) is 3.30. The van der Waals surface area contributed by atoms with Crippen LogP contribution in [0, 0.1) is 10.1 Å². The molecule has 0 saturated carbocycles. The number of anilines is 2. The van der Waals surface area contributed by atoms with E-state index >= 15 is 0 Å². The molecule has 2 aliphatic rings. The molecule has 1 aromatic carbocycles. The number of methoxy groups -OCH3 is 1. The van der Waals surface area contributed by atoms with E-state index in [1.54, 1.807) is 42.3 Å². The lowest BCUT2D eigenvalue weighted by Crippen LogP contribution is -2.54. The lowest BCUT2D eigenvalue weighted by atomic mass is 10.0. The lowest BCUT2D eigenvalue weighted by molar-refractivity contribution is -0.384. The van der Waals surface area contributed by atoms with Gasteiger partial charge in [-0.1, -0.05) is 15.9 Å². The number of hydrogen-bond donors (Lipinski definition) is 2. The Labute approximate surface area is 242 Å². The van der Waals surface area contributed by atoms with Crippen molar-refractivity contribution in [1.82, 2.24) is 19.7 Å². The third-order valence-electron chi connectivity index (χ3n) is 7.48. The number of rotatable bonds is 9. The zero-order valence-corrected chi connectivity index (χ0v) is 24.6. The first kappa shape index (κ1) is 29.7. The molecule has 12 nitrogen and oxygen atoms in total. The lowest BCUT2D eigenvalue weighted by Gasteiger charge is -2.40. The number of carbonyl (C=O) groups excluding carboxylic acids is 2. The SMILES string of the molecule is CNc1cncc(C(=O)N2CCC[C@@H](Nc3c(C(=O)N4CCN(CCOC)[C@@H](C)C4)cc(Br)cc3[N+](=O)[O-])C2)c1. The smallest absolute Gasteiger partial charge is 0.294 e. The highest BCUT2D eigenvalue weighted by Gasteiger charge is 2.33. The van der Waals surface area contributed by atoms with Gasteiger partial charge in [-0.15, -0.1) is 0 Å². The second kappa shape index (κ2) is 13.4. The van der Waals surface area contributed by atoms with Crippen molar-refractivity contribution >= 4 is 44.8 Å². The van der Waals surface area contributed by atoms with Crippen LogP contribution >= 0.6 is 15.9 Å². The number of halogens is 1. The van der Waals surface area contributed by atoms with Gasteiger partial charge in [-0.2, -0.15) is 0 Å². The highest BCUT2D eigenvalue weighted by Crippen LogP contribution is 2.35. The standard InChI is InChI=1S/C27H36BrN7O5/c1-18-16-34(8-7-32(18)9-10-40-3)27(37)23-12-20(28)13-24(35(38)39)25(23)31-21-5-4-6-33(17-21)26(36)19-11-22(29-2)15-30-14-19/h11-15,18,21,29,31H,4-10,16-17H2,1-3H3/t18-,21+/m0/s1. The maximum absolute atomic E-state index is 13.8. The Morgan fingerprint density at radius 3 is 2.62 bits per heavy atom. The van der Waals surface area contributed by atoms with E-state index in [9.17, 15) is 19.7 Å². The van der Waals surface area contributed by atoms with Gasteiger partial charge in [0.25, 0.3) is 17.5 Å². The van der Waals surface area contributed by atoms with E-state index in [0.29, 0.717) is 55.8 Å². The molecule has 0 bridgehead atoms. The summed E-state index contributed by atoms with van der Waals surface area (Å²) in [6, 6.07) is 4.65. The van der Waals surface area contributed by atoms with Crippen molar-refractivity contribution in [2.45, 2.75) is 31.8 Å². The molecule has 4 rings (SSSR count). The highest BCUT2D eigenvalue weighted by atomic mass is 79.9. The molecule has 2 aromatic rings. The summed E-state index contributed by atoms with van der Waals surface area (Å²) in [7, 11) is 3.43. The second-order valence-electron chi connectivity index (χ2n) is 10.2. The summed E-state index contributed by atoms with van der Waals surface area (Å²) in [5.74, 6) is -0.415. The number of piperidine rings is 1. The van der Waals surface area contributed by atoms with E-state index in [0.717, 1.165) is 18.7 Å². The number of piperazine rings is 1. The van der Waals surface area contributed by atoms with Gasteiger partial charge in [0.15, 0.2) is 0 Å². The minimum absolute atomic E-state index is 0.125. The van der Waals surface area contributed by atoms with Crippen LogP contribution in [0.5, 0.6) is 0 Å². The van der Waals surface area contributed by atoms with Gasteiger partial charge in [0, 0.05) is 88.4 Å². The van der Waals surface area contributed by atoms with Gasteiger partial charge in [0.05, 0.1) is 28.3 Å². The van der Waals surface area contributed by atoms with Gasteiger partial charge in [-0.3, -0.25) is 29.6 Å². The van der Waals surface area contributed by atoms with Gasteiger partial charge in [-0.25, -0.2) is 0 Å². The Morgan fingerprint density at radius 1 is 1.15 bits per heavy atom. The molecule has 0 spiro atoms. The molecular weight excluding hydrogens is 582 g/mol. The van der Waals surface area contributed by atoms with Crippen LogP contribution in [0.25, 0.3) is 0 Å². The molecular formula is C27H36BrN7O5. The molecule has 216 valence electrons. The van der Waals surface area contributed by atoms with E-state index in [4.69, 9.17) is 4.74 Å². The van der Waals surface area contributed by atoms with Crippen LogP contribution in [-0.4, -0.2) is 109 Å². The van der Waals surface area contributed by atoms with Crippen molar-refractivity contribution in [2.24, 2.45) is 0 Å². The van der Waals surface area contributed by atoms with Crippen LogP contribution in [-0.2, 0) is 4.74 Å². The van der Waals surface area contributed by atoms with Crippen LogP contribution in [0.1, 0.15) is 40.5 Å². The number of carbonyl (C=O) groups is 2. The van der Waals surface area contributed by atoms with Crippen LogP contribution in [0.4, 0.5) is 17.1 Å². The molecule has 13 heteroatoms. The number of benzene rings is 1. The summed E-state index contributed by atoms with van der Waals surface area (Å²) < 4.78 is 5.66. The topological polar surface area (TPSA) is 133 Å². The largest absolute Gasteiger partial charge is 0.387 e. The molecule has 2 amide bonds. The molecule has 0 aliphatic carbocycles. The highest BCUT2D eigenvalue weighted by molar-refractivity contribution is 9.10. The molecule has 0 radical (unpaired) electrons. The number of ether oxygens (including phenoxy) is 1. The number of nitro groups is 1. The number of likely N-dealkylation sites (tertiary alicyclic amines) is 1. The van der Waals surface area contributed by atoms with Gasteiger partial charge < -0.3 is 25.2 Å². The zero-order valence-electron chi connectivity index (χ0n) is 23.1. The van der Waals surface area contributed by atoms with Crippen molar-refractivity contribution in [3.63, 3.8) is 0 Å². The number of nitrogens with zero attached hydrogens (tertiary/aromatic N) is 5. The fraction of sp³-hybridized carbons (Fsp3) is 0.519. The van der Waals surface area contributed by atoms with E-state index < -0.39 is 4.92 Å². The first-order valence-electron chi connectivity index (χ1n) is 13.4. The van der Waals surface area contributed by atoms with E-state index in [-0.39, 0.29) is 40.8 Å². The molecule has 0 unspecified atom stereocenters. The van der Waals surface area contributed by atoms with Crippen molar-refractivity contribution in [1.29, 1.82) is 0 Å². The van der Waals surface area contributed by atoms with E-state index in [1.807, 2.05) is 0 Å². The summed E-state index contributed by atoms with van der Waals surface area (Å²) >= 11 is 3.36. The van der Waals surface area contributed by atoms with Crippen molar-refractivity contribution < 1.29 is 19.2 Å². The van der Waals surface area contributed by atoms with Crippen molar-refractivity contribution in [3.05, 3.63) is 56.3 Å². The number of nitrogens with one attached hydrogen (secondary N) is 2. The van der Waals surface area contributed by atoms with Gasteiger partial charge >= 0.3 is 0 Å². The molecule has 40 heavy (non-hydrogen) atoms. The van der Waals surface area contributed by atoms with Crippen LogP contribution in [0.2, 0.25) is 0 Å². The first-order chi connectivity index (χ1) is 19.2. The van der Waals surface area contributed by atoms with Crippen molar-refractivity contribution in [2.75, 3.05) is 70.7 Å². The minimum Gasteiger partial charge on any atom is -0.387 e. The average molecular weight is 619 g/mol. The maximum Gasteiger partial charge on any atom is 0.294 e. The fourth-order valence-electron chi connectivity index (χ4n) is 5.31. The zero-order chi connectivity index (χ0) is 28.8. The molecule has 2 N–H and O–H groups in total. The Hall–Kier alpha value is -3.29. The normalized spacial score (nSPS) is 19.8. The Kier molecular flexibility index (Phi) is 9.93. The van der Waals surface area contributed by atoms with Gasteiger partial charge in [-0.05, 0) is 31.9 Å². The van der Waals surface area contributed by atoms with Crippen LogP contribution in [0.15, 0.2) is 35.1 Å². The van der Waals surface area contributed by atoms with Gasteiger partial charge in [0.2, 0.25) is 0 Å². The van der Waals surface area contributed by atoms with E-state index in [2.05, 4.69) is 43.4 Å². The third-order valence-corrected chi connectivity index (χ3v) is 7.93. The number of pyridine rings is 1. The molecule has 2 atom stereocenters. The quantitative estimate of drug-likeness (QED) is 0.321. The fourth-order valence-corrected chi connectivity index (χ4v) is 5.75. The number of hydrogen-bond acceptors (Lipinski definition) is 9. The van der Waals surface area contributed by atoms with Crippen LogP contribution < -0.4 is 10.6 Å². The van der Waals surface area contributed by atoms with Crippen molar-refractivity contribution in [3.8, 4) is 0 Å². The molecule has 2 aliphatic heterocycles. The summed E-state index contributed by atoms with van der Waals surface area (Å²) in [4.78, 5) is 48.5. The summed E-state index contributed by atoms with van der Waals surface area (Å²) in [5, 5.41) is 18.4. The predicted molar refractivity (Wildman–Crippen MR) is 156 cm³/mol. The second-order valence-corrected chi connectivity index (χ2v) is 11.1. The molecule has 2 saturated heterocycles. The Bertz CT molecular complexity index is 1250. The third kappa shape index (κ3) is 6.88. The van der Waals surface area contributed by atoms with Crippen LogP contribution in [0.3, 0.4) is 0 Å². The Morgan fingerprint density at radius 2 is 1.93 bits per heavy atom. The maximum atomic E-state index is 13.8. The Balaban J connectivity index is 1.55. The summed E-state index contributed by atoms with van der Waals surface area (Å²) in [6.07, 6.45) is 4.60. The van der Waals surface area contributed by atoms with E-state index in [1.165, 1.54) is 12.3 Å². The van der Waals surface area contributed by atoms with Gasteiger partial charge in [0.1, 0.15) is 5.69 Å². The number of amides is 2. The number of aromatic nitrogens is 1. The molecule has 3 heterocycles. The summed E-state index contributed by atoms with van der Waals surface area (Å²) in [5.41, 5.74) is 1.45. The monoisotopic (exact) mass is 617 g/mol. The molecule has 1 aromatic heterocycles. The first-order valence-corrected chi connectivity index (χ1v) is 14.2.